The van der Waals surface area contributed by atoms with Crippen LogP contribution in [0.2, 0.25) is 0 Å². The zero-order valence-electron chi connectivity index (χ0n) is 15.2. The molecule has 0 atom stereocenters. The van der Waals surface area contributed by atoms with Crippen molar-refractivity contribution in [2.24, 2.45) is 0 Å². The van der Waals surface area contributed by atoms with E-state index in [1.54, 1.807) is 23.7 Å². The minimum atomic E-state index is -3.53. The molecule has 1 saturated heterocycles. The third-order valence-corrected chi connectivity index (χ3v) is 7.17. The van der Waals surface area contributed by atoms with Crippen LogP contribution in [0.15, 0.2) is 39.4 Å². The van der Waals surface area contributed by atoms with E-state index in [0.717, 1.165) is 46.5 Å². The first-order valence-corrected chi connectivity index (χ1v) is 10.9. The van der Waals surface area contributed by atoms with Crippen LogP contribution < -0.4 is 4.90 Å². The van der Waals surface area contributed by atoms with Crippen LogP contribution >= 0.6 is 11.3 Å². The van der Waals surface area contributed by atoms with E-state index in [4.69, 9.17) is 4.42 Å². The summed E-state index contributed by atoms with van der Waals surface area (Å²) in [5, 5.41) is 3.12. The van der Waals surface area contributed by atoms with Crippen molar-refractivity contribution in [3.05, 3.63) is 35.7 Å². The van der Waals surface area contributed by atoms with Gasteiger partial charge in [-0.3, -0.25) is 4.90 Å². The van der Waals surface area contributed by atoms with Crippen molar-refractivity contribution in [3.63, 3.8) is 0 Å². The molecule has 0 N–H and O–H groups in total. The van der Waals surface area contributed by atoms with E-state index in [9.17, 15) is 8.42 Å². The summed E-state index contributed by atoms with van der Waals surface area (Å²) in [7, 11) is -0.541. The largest absolute Gasteiger partial charge is 0.447 e. The molecular formula is C17H21N5O3S2. The smallest absolute Gasteiger partial charge is 0.275 e. The topological polar surface area (TPSA) is 82.8 Å². The van der Waals surface area contributed by atoms with Crippen molar-refractivity contribution in [2.75, 3.05) is 45.2 Å². The van der Waals surface area contributed by atoms with Crippen molar-refractivity contribution < 1.29 is 12.8 Å². The molecule has 10 heteroatoms. The highest BCUT2D eigenvalue weighted by Crippen LogP contribution is 2.27. The monoisotopic (exact) mass is 407 g/mol. The van der Waals surface area contributed by atoms with Gasteiger partial charge in [0.15, 0.2) is 0 Å². The maximum Gasteiger partial charge on any atom is 0.275 e. The Morgan fingerprint density at radius 2 is 1.93 bits per heavy atom. The summed E-state index contributed by atoms with van der Waals surface area (Å²) in [5.74, 6) is 1.64. The fourth-order valence-electron chi connectivity index (χ4n) is 3.13. The summed E-state index contributed by atoms with van der Waals surface area (Å²) in [6.07, 6.45) is 1.62. The number of furan rings is 1. The Kier molecular flexibility index (Phi) is 4.89. The van der Waals surface area contributed by atoms with E-state index in [2.05, 4.69) is 25.8 Å². The van der Waals surface area contributed by atoms with Gasteiger partial charge in [-0.25, -0.2) is 22.7 Å². The first-order chi connectivity index (χ1) is 12.9. The number of hydrogen-bond donors (Lipinski definition) is 0. The van der Waals surface area contributed by atoms with Gasteiger partial charge >= 0.3 is 0 Å². The standard InChI is InChI=1S/C17H21N5O3S2/c1-20(2)27(23,24)15-4-3-13(25-15)11-21-6-8-22(9-7-21)16-14-5-10-26-17(14)19-12-18-16/h3-5,10,12H,6-9,11H2,1-2H3. The maximum absolute atomic E-state index is 12.1. The number of piperazine rings is 1. The first-order valence-electron chi connectivity index (χ1n) is 8.62. The number of nitrogens with zero attached hydrogens (tertiary/aromatic N) is 5. The highest BCUT2D eigenvalue weighted by atomic mass is 32.2. The zero-order valence-corrected chi connectivity index (χ0v) is 16.8. The van der Waals surface area contributed by atoms with Gasteiger partial charge in [-0.1, -0.05) is 0 Å². The van der Waals surface area contributed by atoms with Gasteiger partial charge in [-0.05, 0) is 23.6 Å². The molecule has 0 saturated carbocycles. The molecule has 1 aliphatic heterocycles. The van der Waals surface area contributed by atoms with Gasteiger partial charge in [0.25, 0.3) is 10.0 Å². The number of aromatic nitrogens is 2. The van der Waals surface area contributed by atoms with Crippen molar-refractivity contribution in [2.45, 2.75) is 11.6 Å². The van der Waals surface area contributed by atoms with E-state index in [1.807, 2.05) is 5.38 Å². The van der Waals surface area contributed by atoms with Gasteiger partial charge in [0.2, 0.25) is 5.09 Å². The molecule has 0 spiro atoms. The molecule has 0 aliphatic carbocycles. The molecule has 8 nitrogen and oxygen atoms in total. The Bertz CT molecular complexity index is 1040. The van der Waals surface area contributed by atoms with Crippen LogP contribution in [-0.2, 0) is 16.6 Å². The number of rotatable bonds is 5. The molecule has 3 aromatic rings. The molecule has 0 unspecified atom stereocenters. The van der Waals surface area contributed by atoms with Crippen LogP contribution in [-0.4, -0.2) is 67.9 Å². The highest BCUT2D eigenvalue weighted by molar-refractivity contribution is 7.88. The minimum absolute atomic E-state index is 0.0121. The summed E-state index contributed by atoms with van der Waals surface area (Å²) in [4.78, 5) is 14.3. The van der Waals surface area contributed by atoms with Gasteiger partial charge < -0.3 is 9.32 Å². The third kappa shape index (κ3) is 3.57. The second-order valence-corrected chi connectivity index (χ2v) is 9.59. The van der Waals surface area contributed by atoms with E-state index in [1.165, 1.54) is 20.2 Å². The van der Waals surface area contributed by atoms with Crippen LogP contribution in [0.4, 0.5) is 5.82 Å². The lowest BCUT2D eigenvalue weighted by atomic mass is 10.2. The molecule has 0 aromatic carbocycles. The SMILES string of the molecule is CN(C)S(=O)(=O)c1ccc(CN2CCN(c3ncnc4sccc34)CC2)o1. The van der Waals surface area contributed by atoms with Gasteiger partial charge in [-0.15, -0.1) is 11.3 Å². The molecule has 3 aromatic heterocycles. The number of anilines is 1. The molecule has 4 heterocycles. The summed E-state index contributed by atoms with van der Waals surface area (Å²) in [5.41, 5.74) is 0. The quantitative estimate of drug-likeness (QED) is 0.638. The minimum Gasteiger partial charge on any atom is -0.447 e. The van der Waals surface area contributed by atoms with Crippen molar-refractivity contribution in [3.8, 4) is 0 Å². The van der Waals surface area contributed by atoms with Crippen molar-refractivity contribution in [1.29, 1.82) is 0 Å². The van der Waals surface area contributed by atoms with Crippen molar-refractivity contribution >= 4 is 37.4 Å². The molecule has 4 rings (SSSR count). The number of fused-ring (bicyclic) bond motifs is 1. The number of thiophene rings is 1. The Labute approximate surface area is 162 Å². The van der Waals surface area contributed by atoms with Gasteiger partial charge in [0.1, 0.15) is 22.7 Å². The molecule has 0 amide bonds. The van der Waals surface area contributed by atoms with Crippen LogP contribution in [0, 0.1) is 0 Å². The molecule has 0 radical (unpaired) electrons. The Balaban J connectivity index is 1.40. The summed E-state index contributed by atoms with van der Waals surface area (Å²) >= 11 is 1.62. The van der Waals surface area contributed by atoms with Crippen LogP contribution in [0.1, 0.15) is 5.76 Å². The molecule has 0 bridgehead atoms. The fourth-order valence-corrected chi connectivity index (χ4v) is 4.67. The van der Waals surface area contributed by atoms with Crippen LogP contribution in [0.3, 0.4) is 0 Å². The Morgan fingerprint density at radius 3 is 2.67 bits per heavy atom. The lowest BCUT2D eigenvalue weighted by Gasteiger charge is -2.35. The molecular weight excluding hydrogens is 386 g/mol. The number of sulfonamides is 1. The van der Waals surface area contributed by atoms with E-state index in [-0.39, 0.29) is 5.09 Å². The van der Waals surface area contributed by atoms with Gasteiger partial charge in [0, 0.05) is 40.3 Å². The van der Waals surface area contributed by atoms with E-state index >= 15 is 0 Å². The van der Waals surface area contributed by atoms with E-state index in [0.29, 0.717) is 12.3 Å². The molecule has 27 heavy (non-hydrogen) atoms. The maximum atomic E-state index is 12.1. The highest BCUT2D eigenvalue weighted by Gasteiger charge is 2.24. The Morgan fingerprint density at radius 1 is 1.15 bits per heavy atom. The summed E-state index contributed by atoms with van der Waals surface area (Å²) < 4.78 is 31.0. The van der Waals surface area contributed by atoms with Gasteiger partial charge in [0.05, 0.1) is 11.9 Å². The van der Waals surface area contributed by atoms with Crippen molar-refractivity contribution in [1.82, 2.24) is 19.2 Å². The second kappa shape index (κ2) is 7.19. The van der Waals surface area contributed by atoms with E-state index < -0.39 is 10.0 Å². The molecule has 1 aliphatic rings. The average molecular weight is 408 g/mol. The van der Waals surface area contributed by atoms with Crippen LogP contribution in [0.5, 0.6) is 0 Å². The Hall–Kier alpha value is -2.01. The predicted octanol–water partition coefficient (Wildman–Crippen LogP) is 1.86. The first kappa shape index (κ1) is 18.4. The normalized spacial score (nSPS) is 16.5. The summed E-state index contributed by atoms with van der Waals surface area (Å²) in [6.45, 7) is 4.00. The average Bonchev–Trinajstić information content (AvgIpc) is 3.31. The third-order valence-electron chi connectivity index (χ3n) is 4.66. The predicted molar refractivity (Wildman–Crippen MR) is 104 cm³/mol. The van der Waals surface area contributed by atoms with Gasteiger partial charge in [-0.2, -0.15) is 0 Å². The van der Waals surface area contributed by atoms with Crippen LogP contribution in [0.25, 0.3) is 10.2 Å². The fraction of sp³-hybridized carbons (Fsp3) is 0.412. The lowest BCUT2D eigenvalue weighted by Crippen LogP contribution is -2.46. The summed E-state index contributed by atoms with van der Waals surface area (Å²) in [6, 6.07) is 5.33. The lowest BCUT2D eigenvalue weighted by molar-refractivity contribution is 0.223. The second-order valence-electron chi connectivity index (χ2n) is 6.61. The number of hydrogen-bond acceptors (Lipinski definition) is 8. The molecule has 1 fully saturated rings. The molecule has 144 valence electrons. The zero-order chi connectivity index (χ0) is 19.0.